The van der Waals surface area contributed by atoms with Gasteiger partial charge in [0.25, 0.3) is 5.91 Å². The van der Waals surface area contributed by atoms with Crippen molar-refractivity contribution in [2.45, 2.75) is 6.10 Å². The summed E-state index contributed by atoms with van der Waals surface area (Å²) in [5, 5.41) is 6.00. The monoisotopic (exact) mass is 321 g/mol. The Bertz CT molecular complexity index is 903. The highest BCUT2D eigenvalue weighted by molar-refractivity contribution is 5.87. The third-order valence-electron chi connectivity index (χ3n) is 3.76. The van der Waals surface area contributed by atoms with Gasteiger partial charge < -0.3 is 14.5 Å². The lowest BCUT2D eigenvalue weighted by atomic mass is 10.1. The van der Waals surface area contributed by atoms with Crippen molar-refractivity contribution in [2.75, 3.05) is 6.61 Å². The van der Waals surface area contributed by atoms with E-state index in [4.69, 9.17) is 9.47 Å². The first-order chi connectivity index (χ1) is 11.8. The van der Waals surface area contributed by atoms with E-state index >= 15 is 0 Å². The number of aromatic nitrogens is 1. The molecule has 6 heteroatoms. The molecule has 2 N–H and O–H groups in total. The number of hydrazone groups is 1. The summed E-state index contributed by atoms with van der Waals surface area (Å²) in [7, 11) is 0. The van der Waals surface area contributed by atoms with Crippen LogP contribution in [0.15, 0.2) is 59.8 Å². The number of carbonyl (C=O) groups is 1. The highest BCUT2D eigenvalue weighted by atomic mass is 16.6. The summed E-state index contributed by atoms with van der Waals surface area (Å²) in [6, 6.07) is 15.4. The zero-order valence-corrected chi connectivity index (χ0v) is 12.7. The molecule has 0 unspecified atom stereocenters. The van der Waals surface area contributed by atoms with Gasteiger partial charge in [-0.3, -0.25) is 4.79 Å². The smallest absolute Gasteiger partial charge is 0.284 e. The quantitative estimate of drug-likeness (QED) is 0.575. The second-order valence-electron chi connectivity index (χ2n) is 5.42. The van der Waals surface area contributed by atoms with E-state index in [9.17, 15) is 4.79 Å². The van der Waals surface area contributed by atoms with Crippen molar-refractivity contribution in [2.24, 2.45) is 5.10 Å². The molecule has 6 nitrogen and oxygen atoms in total. The van der Waals surface area contributed by atoms with Gasteiger partial charge in [0.05, 0.1) is 11.9 Å². The van der Waals surface area contributed by atoms with Crippen LogP contribution in [0, 0.1) is 0 Å². The van der Waals surface area contributed by atoms with Gasteiger partial charge in [-0.1, -0.05) is 24.3 Å². The molecule has 0 radical (unpaired) electrons. The van der Waals surface area contributed by atoms with E-state index in [1.807, 2.05) is 48.5 Å². The van der Waals surface area contributed by atoms with Gasteiger partial charge in [0.1, 0.15) is 6.61 Å². The zero-order chi connectivity index (χ0) is 16.4. The third-order valence-corrected chi connectivity index (χ3v) is 3.76. The highest BCUT2D eigenvalue weighted by Crippen LogP contribution is 2.35. The molecule has 24 heavy (non-hydrogen) atoms. The number of nitrogens with one attached hydrogen (secondary N) is 2. The Morgan fingerprint density at radius 3 is 2.71 bits per heavy atom. The normalized spacial score (nSPS) is 16.4. The van der Waals surface area contributed by atoms with Crippen LogP contribution in [-0.2, 0) is 4.79 Å². The molecule has 0 fully saturated rings. The topological polar surface area (TPSA) is 75.7 Å². The van der Waals surface area contributed by atoms with Crippen LogP contribution in [0.25, 0.3) is 10.8 Å². The molecule has 0 spiro atoms. The summed E-state index contributed by atoms with van der Waals surface area (Å²) < 4.78 is 11.4. The first-order valence-corrected chi connectivity index (χ1v) is 7.58. The van der Waals surface area contributed by atoms with Crippen molar-refractivity contribution in [1.82, 2.24) is 10.4 Å². The standard InChI is InChI=1S/C18H15N3O3/c22-18(21-20-10-14-6-3-7-19-14)17-11-23-15-8-12-4-1-2-5-13(12)9-16(15)24-17/h1-10,17,19H,11H2,(H,21,22)/b20-10+/t17-/m0/s1. The number of benzene rings is 2. The Morgan fingerprint density at radius 2 is 1.96 bits per heavy atom. The Balaban J connectivity index is 1.47. The van der Waals surface area contributed by atoms with Gasteiger partial charge in [0, 0.05) is 6.20 Å². The Kier molecular flexibility index (Phi) is 3.63. The van der Waals surface area contributed by atoms with E-state index in [2.05, 4.69) is 15.5 Å². The van der Waals surface area contributed by atoms with Crippen molar-refractivity contribution < 1.29 is 14.3 Å². The fourth-order valence-corrected chi connectivity index (χ4v) is 2.55. The van der Waals surface area contributed by atoms with Crippen molar-refractivity contribution in [3.8, 4) is 11.5 Å². The van der Waals surface area contributed by atoms with Crippen LogP contribution in [0.5, 0.6) is 11.5 Å². The summed E-state index contributed by atoms with van der Waals surface area (Å²) in [5.41, 5.74) is 3.26. The minimum Gasteiger partial charge on any atom is -0.485 e. The number of H-pyrrole nitrogens is 1. The number of hydrogen-bond donors (Lipinski definition) is 2. The van der Waals surface area contributed by atoms with E-state index in [-0.39, 0.29) is 12.5 Å². The van der Waals surface area contributed by atoms with E-state index in [1.54, 1.807) is 6.20 Å². The number of aromatic amines is 1. The number of rotatable bonds is 3. The predicted octanol–water partition coefficient (Wildman–Crippen LogP) is 2.46. The molecule has 120 valence electrons. The summed E-state index contributed by atoms with van der Waals surface area (Å²) in [5.74, 6) is 0.859. The van der Waals surface area contributed by atoms with Gasteiger partial charge >= 0.3 is 0 Å². The van der Waals surface area contributed by atoms with Crippen LogP contribution >= 0.6 is 0 Å². The van der Waals surface area contributed by atoms with Gasteiger partial charge in [0.2, 0.25) is 6.10 Å². The molecule has 3 aromatic rings. The number of hydrogen-bond acceptors (Lipinski definition) is 4. The fraction of sp³-hybridized carbons (Fsp3) is 0.111. The fourth-order valence-electron chi connectivity index (χ4n) is 2.55. The maximum Gasteiger partial charge on any atom is 0.284 e. The summed E-state index contributed by atoms with van der Waals surface area (Å²) in [4.78, 5) is 15.1. The molecular formula is C18H15N3O3. The number of ether oxygens (including phenoxy) is 2. The molecule has 1 amide bonds. The van der Waals surface area contributed by atoms with Crippen LogP contribution in [-0.4, -0.2) is 29.8 Å². The molecule has 0 saturated carbocycles. The average Bonchev–Trinajstić information content (AvgIpc) is 3.12. The van der Waals surface area contributed by atoms with E-state index in [0.29, 0.717) is 11.5 Å². The molecule has 0 aliphatic carbocycles. The molecule has 0 bridgehead atoms. The minimum atomic E-state index is -0.737. The first kappa shape index (κ1) is 14.3. The van der Waals surface area contributed by atoms with Gasteiger partial charge in [-0.05, 0) is 35.0 Å². The minimum absolute atomic E-state index is 0.148. The summed E-state index contributed by atoms with van der Waals surface area (Å²) in [6.45, 7) is 0.148. The number of carbonyl (C=O) groups excluding carboxylic acids is 1. The lowest BCUT2D eigenvalue weighted by molar-refractivity contribution is -0.130. The number of fused-ring (bicyclic) bond motifs is 2. The van der Waals surface area contributed by atoms with Crippen LogP contribution in [0.3, 0.4) is 0 Å². The lowest BCUT2D eigenvalue weighted by Gasteiger charge is -2.25. The van der Waals surface area contributed by atoms with Crippen LogP contribution in [0.2, 0.25) is 0 Å². The molecule has 1 aromatic heterocycles. The highest BCUT2D eigenvalue weighted by Gasteiger charge is 2.27. The second kappa shape index (κ2) is 6.08. The van der Waals surface area contributed by atoms with Crippen LogP contribution in [0.4, 0.5) is 0 Å². The van der Waals surface area contributed by atoms with Crippen molar-refractivity contribution in [3.05, 3.63) is 60.4 Å². The molecule has 2 heterocycles. The zero-order valence-electron chi connectivity index (χ0n) is 12.7. The van der Waals surface area contributed by atoms with Crippen molar-refractivity contribution >= 4 is 22.9 Å². The molecular weight excluding hydrogens is 306 g/mol. The van der Waals surface area contributed by atoms with Crippen LogP contribution < -0.4 is 14.9 Å². The van der Waals surface area contributed by atoms with Crippen molar-refractivity contribution in [3.63, 3.8) is 0 Å². The van der Waals surface area contributed by atoms with E-state index in [1.165, 1.54) is 6.21 Å². The Labute approximate surface area is 138 Å². The molecule has 1 aliphatic rings. The van der Waals surface area contributed by atoms with Crippen molar-refractivity contribution in [1.29, 1.82) is 0 Å². The van der Waals surface area contributed by atoms with Gasteiger partial charge in [-0.15, -0.1) is 0 Å². The largest absolute Gasteiger partial charge is 0.485 e. The number of nitrogens with zero attached hydrogens (tertiary/aromatic N) is 1. The Morgan fingerprint density at radius 1 is 1.17 bits per heavy atom. The molecule has 0 saturated heterocycles. The van der Waals surface area contributed by atoms with Crippen LogP contribution in [0.1, 0.15) is 5.69 Å². The summed E-state index contributed by atoms with van der Waals surface area (Å²) >= 11 is 0. The Hall–Kier alpha value is -3.28. The molecule has 2 aromatic carbocycles. The SMILES string of the molecule is O=C(N/N=C/c1ccc[nH]1)[C@@H]1COc2cc3ccccc3cc2O1. The van der Waals surface area contributed by atoms with Gasteiger partial charge in [-0.2, -0.15) is 5.10 Å². The van der Waals surface area contributed by atoms with E-state index < -0.39 is 6.10 Å². The van der Waals surface area contributed by atoms with Gasteiger partial charge in [0.15, 0.2) is 11.5 Å². The third kappa shape index (κ3) is 2.81. The number of amides is 1. The summed E-state index contributed by atoms with van der Waals surface area (Å²) in [6.07, 6.45) is 2.57. The molecule has 4 rings (SSSR count). The molecule has 1 aliphatic heterocycles. The molecule has 1 atom stereocenters. The first-order valence-electron chi connectivity index (χ1n) is 7.58. The second-order valence-corrected chi connectivity index (χ2v) is 5.42. The maximum absolute atomic E-state index is 12.2. The lowest BCUT2D eigenvalue weighted by Crippen LogP contribution is -2.42. The predicted molar refractivity (Wildman–Crippen MR) is 90.4 cm³/mol. The van der Waals surface area contributed by atoms with Gasteiger partial charge in [-0.25, -0.2) is 5.43 Å². The maximum atomic E-state index is 12.2. The van der Waals surface area contributed by atoms with E-state index in [0.717, 1.165) is 16.5 Å². The average molecular weight is 321 g/mol.